The van der Waals surface area contributed by atoms with Crippen molar-refractivity contribution in [1.29, 1.82) is 0 Å². The minimum absolute atomic E-state index is 0.333. The zero-order valence-corrected chi connectivity index (χ0v) is 11.0. The molecule has 0 amide bonds. The molecule has 0 N–H and O–H groups in total. The van der Waals surface area contributed by atoms with E-state index in [2.05, 4.69) is 12.0 Å². The molecule has 17 heavy (non-hydrogen) atoms. The Morgan fingerprint density at radius 2 is 2.24 bits per heavy atom. The number of ketones is 1. The second-order valence-corrected chi connectivity index (χ2v) is 4.84. The number of carbonyl (C=O) groups excluding carboxylic acids is 1. The normalized spacial score (nSPS) is 16.2. The van der Waals surface area contributed by atoms with Gasteiger partial charge in [0.25, 0.3) is 0 Å². The summed E-state index contributed by atoms with van der Waals surface area (Å²) < 4.78 is 1.86. The Morgan fingerprint density at radius 1 is 1.47 bits per heavy atom. The number of hydrogen-bond donors (Lipinski definition) is 0. The standard InChI is InChI=1S/C13H17ClN2O/c1-3-11-13(14)12(16(2)15-11)8-9-4-6-10(17)7-5-9/h4H,3,5-8H2,1-2H3. The molecular formula is C13H17ClN2O. The first-order valence-electron chi connectivity index (χ1n) is 6.01. The summed E-state index contributed by atoms with van der Waals surface area (Å²) in [6.07, 6.45) is 5.82. The number of aromatic nitrogens is 2. The van der Waals surface area contributed by atoms with Crippen molar-refractivity contribution < 1.29 is 4.79 Å². The highest BCUT2D eigenvalue weighted by molar-refractivity contribution is 6.31. The average Bonchev–Trinajstić information content (AvgIpc) is 2.59. The van der Waals surface area contributed by atoms with E-state index in [0.29, 0.717) is 18.6 Å². The average molecular weight is 253 g/mol. The fourth-order valence-corrected chi connectivity index (χ4v) is 2.51. The molecule has 1 aliphatic rings. The van der Waals surface area contributed by atoms with Gasteiger partial charge in [-0.2, -0.15) is 5.10 Å². The van der Waals surface area contributed by atoms with Gasteiger partial charge in [0.05, 0.1) is 16.4 Å². The lowest BCUT2D eigenvalue weighted by Crippen LogP contribution is -2.07. The van der Waals surface area contributed by atoms with Crippen molar-refractivity contribution in [3.05, 3.63) is 28.1 Å². The summed E-state index contributed by atoms with van der Waals surface area (Å²) in [6, 6.07) is 0. The van der Waals surface area contributed by atoms with Crippen LogP contribution in [0.2, 0.25) is 5.02 Å². The first-order chi connectivity index (χ1) is 8.11. The Hall–Kier alpha value is -1.09. The van der Waals surface area contributed by atoms with Gasteiger partial charge >= 0.3 is 0 Å². The maximum Gasteiger partial charge on any atom is 0.136 e. The second kappa shape index (κ2) is 5.05. The molecule has 3 nitrogen and oxygen atoms in total. The van der Waals surface area contributed by atoms with Crippen molar-refractivity contribution in [3.63, 3.8) is 0 Å². The molecule has 1 aliphatic carbocycles. The van der Waals surface area contributed by atoms with Gasteiger partial charge in [-0.25, -0.2) is 0 Å². The van der Waals surface area contributed by atoms with E-state index < -0.39 is 0 Å². The molecule has 92 valence electrons. The third kappa shape index (κ3) is 2.60. The molecule has 0 unspecified atom stereocenters. The summed E-state index contributed by atoms with van der Waals surface area (Å²) in [5.74, 6) is 0.333. The molecule has 0 aliphatic heterocycles. The molecule has 0 saturated carbocycles. The lowest BCUT2D eigenvalue weighted by atomic mass is 9.95. The Balaban J connectivity index is 2.19. The molecule has 0 radical (unpaired) electrons. The number of nitrogens with zero attached hydrogens (tertiary/aromatic N) is 2. The molecule has 2 rings (SSSR count). The highest BCUT2D eigenvalue weighted by Gasteiger charge is 2.16. The minimum atomic E-state index is 0.333. The molecule has 0 spiro atoms. The summed E-state index contributed by atoms with van der Waals surface area (Å²) in [5.41, 5.74) is 3.32. The summed E-state index contributed by atoms with van der Waals surface area (Å²) in [5, 5.41) is 5.18. The summed E-state index contributed by atoms with van der Waals surface area (Å²) in [7, 11) is 1.93. The van der Waals surface area contributed by atoms with Crippen molar-refractivity contribution in [2.45, 2.75) is 39.0 Å². The van der Waals surface area contributed by atoms with Crippen molar-refractivity contribution >= 4 is 17.4 Å². The molecule has 0 aromatic carbocycles. The van der Waals surface area contributed by atoms with Gasteiger partial charge in [0.15, 0.2) is 0 Å². The predicted molar refractivity (Wildman–Crippen MR) is 68.2 cm³/mol. The number of halogens is 1. The van der Waals surface area contributed by atoms with Crippen LogP contribution in [0.15, 0.2) is 11.6 Å². The Labute approximate surface area is 106 Å². The van der Waals surface area contributed by atoms with Gasteiger partial charge in [0.2, 0.25) is 0 Å². The van der Waals surface area contributed by atoms with Crippen LogP contribution in [0.3, 0.4) is 0 Å². The van der Waals surface area contributed by atoms with Crippen molar-refractivity contribution in [3.8, 4) is 0 Å². The van der Waals surface area contributed by atoms with Crippen LogP contribution >= 0.6 is 11.6 Å². The van der Waals surface area contributed by atoms with E-state index in [1.807, 2.05) is 17.8 Å². The molecule has 1 aromatic rings. The Kier molecular flexibility index (Phi) is 3.67. The maximum atomic E-state index is 11.2. The molecular weight excluding hydrogens is 236 g/mol. The molecule has 0 saturated heterocycles. The molecule has 0 fully saturated rings. The number of allylic oxidation sites excluding steroid dienone is 2. The van der Waals surface area contributed by atoms with E-state index in [1.54, 1.807) is 0 Å². The molecule has 0 bridgehead atoms. The van der Waals surface area contributed by atoms with Gasteiger partial charge in [-0.05, 0) is 12.8 Å². The number of aryl methyl sites for hydroxylation is 2. The molecule has 4 heteroatoms. The van der Waals surface area contributed by atoms with Gasteiger partial charge in [-0.3, -0.25) is 9.48 Å². The van der Waals surface area contributed by atoms with Crippen LogP contribution in [0.25, 0.3) is 0 Å². The first kappa shape index (κ1) is 12.4. The zero-order valence-electron chi connectivity index (χ0n) is 10.3. The van der Waals surface area contributed by atoms with Crippen LogP contribution in [-0.2, 0) is 24.7 Å². The van der Waals surface area contributed by atoms with Crippen LogP contribution in [0.4, 0.5) is 0 Å². The van der Waals surface area contributed by atoms with Gasteiger partial charge in [-0.1, -0.05) is 30.2 Å². The number of Topliss-reactive ketones (excluding diaryl/α,β-unsaturated/α-hetero) is 1. The van der Waals surface area contributed by atoms with Gasteiger partial charge in [0, 0.05) is 26.3 Å². The summed E-state index contributed by atoms with van der Waals surface area (Å²) in [6.45, 7) is 2.05. The van der Waals surface area contributed by atoms with E-state index in [1.165, 1.54) is 5.57 Å². The lowest BCUT2D eigenvalue weighted by Gasteiger charge is -2.12. The second-order valence-electron chi connectivity index (χ2n) is 4.47. The van der Waals surface area contributed by atoms with Gasteiger partial charge in [0.1, 0.15) is 5.78 Å². The van der Waals surface area contributed by atoms with Crippen LogP contribution in [0.1, 0.15) is 37.6 Å². The SMILES string of the molecule is CCc1nn(C)c(CC2=CCC(=O)CC2)c1Cl. The smallest absolute Gasteiger partial charge is 0.136 e. The highest BCUT2D eigenvalue weighted by Crippen LogP contribution is 2.26. The van der Waals surface area contributed by atoms with E-state index in [-0.39, 0.29) is 0 Å². The Bertz CT molecular complexity index is 474. The van der Waals surface area contributed by atoms with E-state index in [0.717, 1.165) is 35.7 Å². The minimum Gasteiger partial charge on any atom is -0.299 e. The largest absolute Gasteiger partial charge is 0.299 e. The molecule has 1 heterocycles. The quantitative estimate of drug-likeness (QED) is 0.776. The monoisotopic (exact) mass is 252 g/mol. The number of carbonyl (C=O) groups is 1. The first-order valence-corrected chi connectivity index (χ1v) is 6.39. The van der Waals surface area contributed by atoms with Crippen molar-refractivity contribution in [2.24, 2.45) is 7.05 Å². The highest BCUT2D eigenvalue weighted by atomic mass is 35.5. The van der Waals surface area contributed by atoms with Crippen molar-refractivity contribution in [2.75, 3.05) is 0 Å². The third-order valence-corrected chi connectivity index (χ3v) is 3.68. The van der Waals surface area contributed by atoms with Crippen LogP contribution in [0.5, 0.6) is 0 Å². The Morgan fingerprint density at radius 3 is 2.76 bits per heavy atom. The van der Waals surface area contributed by atoms with Crippen LogP contribution in [-0.4, -0.2) is 15.6 Å². The van der Waals surface area contributed by atoms with E-state index in [4.69, 9.17) is 11.6 Å². The molecule has 1 aromatic heterocycles. The third-order valence-electron chi connectivity index (χ3n) is 3.24. The van der Waals surface area contributed by atoms with Gasteiger partial charge in [-0.15, -0.1) is 0 Å². The number of hydrogen-bond acceptors (Lipinski definition) is 2. The van der Waals surface area contributed by atoms with E-state index in [9.17, 15) is 4.79 Å². The van der Waals surface area contributed by atoms with E-state index >= 15 is 0 Å². The van der Waals surface area contributed by atoms with Crippen LogP contribution < -0.4 is 0 Å². The topological polar surface area (TPSA) is 34.9 Å². The molecule has 0 atom stereocenters. The van der Waals surface area contributed by atoms with Crippen LogP contribution in [0, 0.1) is 0 Å². The predicted octanol–water partition coefficient (Wildman–Crippen LogP) is 2.86. The van der Waals surface area contributed by atoms with Crippen molar-refractivity contribution in [1.82, 2.24) is 9.78 Å². The maximum absolute atomic E-state index is 11.2. The summed E-state index contributed by atoms with van der Waals surface area (Å²) in [4.78, 5) is 11.2. The fraction of sp³-hybridized carbons (Fsp3) is 0.538. The number of rotatable bonds is 3. The fourth-order valence-electron chi connectivity index (χ4n) is 2.15. The lowest BCUT2D eigenvalue weighted by molar-refractivity contribution is -0.118. The summed E-state index contributed by atoms with van der Waals surface area (Å²) >= 11 is 6.30. The zero-order chi connectivity index (χ0) is 12.4. The van der Waals surface area contributed by atoms with Gasteiger partial charge < -0.3 is 0 Å².